The normalized spacial score (nSPS) is 19.2. The highest BCUT2D eigenvalue weighted by molar-refractivity contribution is 7.89. The zero-order chi connectivity index (χ0) is 23.3. The number of nitrogens with zero attached hydrogens (tertiary/aromatic N) is 2. The average Bonchev–Trinajstić information content (AvgIpc) is 2.76. The molecule has 0 aromatic heterocycles. The molecular formula is C22H23ClN2O6S. The van der Waals surface area contributed by atoms with Gasteiger partial charge in [0.2, 0.25) is 10.0 Å². The van der Waals surface area contributed by atoms with E-state index in [2.05, 4.69) is 0 Å². The van der Waals surface area contributed by atoms with Crippen LogP contribution in [0.1, 0.15) is 29.8 Å². The molecule has 0 aliphatic carbocycles. The molecule has 1 aliphatic rings. The molecule has 170 valence electrons. The number of hydrogen-bond donors (Lipinski definition) is 0. The monoisotopic (exact) mass is 478 g/mol. The molecule has 32 heavy (non-hydrogen) atoms. The van der Waals surface area contributed by atoms with Crippen LogP contribution in [0, 0.1) is 11.3 Å². The van der Waals surface area contributed by atoms with E-state index in [0.29, 0.717) is 11.3 Å². The first kappa shape index (κ1) is 24.0. The summed E-state index contributed by atoms with van der Waals surface area (Å²) in [7, 11) is -3.92. The number of nitriles is 1. The quantitative estimate of drug-likeness (QED) is 0.444. The molecule has 2 atom stereocenters. The Morgan fingerprint density at radius 1 is 1.16 bits per heavy atom. The third-order valence-corrected chi connectivity index (χ3v) is 7.05. The van der Waals surface area contributed by atoms with Gasteiger partial charge < -0.3 is 14.2 Å². The topological polar surface area (TPSA) is 106 Å². The Kier molecular flexibility index (Phi) is 7.74. The van der Waals surface area contributed by atoms with Crippen molar-refractivity contribution in [1.29, 1.82) is 5.26 Å². The van der Waals surface area contributed by atoms with E-state index in [-0.39, 0.29) is 54.0 Å². The second-order valence-corrected chi connectivity index (χ2v) is 9.66. The lowest BCUT2D eigenvalue weighted by Crippen LogP contribution is -2.48. The van der Waals surface area contributed by atoms with Gasteiger partial charge in [-0.3, -0.25) is 0 Å². The molecule has 0 saturated carbocycles. The van der Waals surface area contributed by atoms with Crippen LogP contribution in [0.4, 0.5) is 0 Å². The van der Waals surface area contributed by atoms with Crippen molar-refractivity contribution in [1.82, 2.24) is 4.31 Å². The van der Waals surface area contributed by atoms with Gasteiger partial charge in [-0.25, -0.2) is 13.2 Å². The number of sulfonamides is 1. The van der Waals surface area contributed by atoms with Gasteiger partial charge in [-0.15, -0.1) is 0 Å². The zero-order valence-corrected chi connectivity index (χ0v) is 19.2. The van der Waals surface area contributed by atoms with Crippen LogP contribution >= 0.6 is 11.6 Å². The van der Waals surface area contributed by atoms with E-state index >= 15 is 0 Å². The number of carbonyl (C=O) groups excluding carboxylic acids is 1. The second kappa shape index (κ2) is 10.3. The first-order valence-electron chi connectivity index (χ1n) is 9.96. The Hall–Kier alpha value is -2.64. The van der Waals surface area contributed by atoms with Gasteiger partial charge in [0.15, 0.2) is 0 Å². The fourth-order valence-corrected chi connectivity index (χ4v) is 5.39. The second-order valence-electron chi connectivity index (χ2n) is 7.35. The van der Waals surface area contributed by atoms with Crippen LogP contribution < -0.4 is 4.74 Å². The fourth-order valence-electron chi connectivity index (χ4n) is 3.30. The smallest absolute Gasteiger partial charge is 0.338 e. The molecule has 0 N–H and O–H groups in total. The molecule has 2 unspecified atom stereocenters. The van der Waals surface area contributed by atoms with E-state index in [4.69, 9.17) is 31.1 Å². The Balaban J connectivity index is 1.64. The van der Waals surface area contributed by atoms with Crippen LogP contribution in [0.5, 0.6) is 5.75 Å². The van der Waals surface area contributed by atoms with E-state index < -0.39 is 16.0 Å². The summed E-state index contributed by atoms with van der Waals surface area (Å²) in [4.78, 5) is 12.3. The van der Waals surface area contributed by atoms with Crippen molar-refractivity contribution in [3.63, 3.8) is 0 Å². The minimum atomic E-state index is -3.92. The van der Waals surface area contributed by atoms with Crippen LogP contribution in [0.15, 0.2) is 47.4 Å². The number of morpholine rings is 1. The SMILES string of the molecule is CC1CN(S(=O)(=O)c2cc(C(=O)OCCOc3ccc(C#N)cc3)ccc2Cl)CC(C)O1. The summed E-state index contributed by atoms with van der Waals surface area (Å²) in [6, 6.07) is 12.5. The molecule has 1 fully saturated rings. The Bertz CT molecular complexity index is 1100. The number of ether oxygens (including phenoxy) is 3. The number of benzene rings is 2. The molecule has 0 radical (unpaired) electrons. The van der Waals surface area contributed by atoms with E-state index in [1.165, 1.54) is 22.5 Å². The molecule has 0 amide bonds. The number of esters is 1. The molecule has 1 saturated heterocycles. The number of halogens is 1. The average molecular weight is 479 g/mol. The zero-order valence-electron chi connectivity index (χ0n) is 17.7. The highest BCUT2D eigenvalue weighted by Crippen LogP contribution is 2.28. The van der Waals surface area contributed by atoms with Gasteiger partial charge in [0.1, 0.15) is 23.9 Å². The summed E-state index contributed by atoms with van der Waals surface area (Å²) in [5.74, 6) is -0.154. The van der Waals surface area contributed by atoms with Crippen molar-refractivity contribution >= 4 is 27.6 Å². The highest BCUT2D eigenvalue weighted by Gasteiger charge is 2.34. The molecule has 10 heteroatoms. The maximum atomic E-state index is 13.1. The van der Waals surface area contributed by atoms with E-state index in [1.54, 1.807) is 38.1 Å². The summed E-state index contributed by atoms with van der Waals surface area (Å²) in [6.07, 6.45) is -0.506. The van der Waals surface area contributed by atoms with Gasteiger partial charge >= 0.3 is 5.97 Å². The molecule has 2 aromatic rings. The molecular weight excluding hydrogens is 456 g/mol. The highest BCUT2D eigenvalue weighted by atomic mass is 35.5. The third kappa shape index (κ3) is 5.78. The molecule has 8 nitrogen and oxygen atoms in total. The van der Waals surface area contributed by atoms with Crippen LogP contribution in [-0.2, 0) is 19.5 Å². The summed E-state index contributed by atoms with van der Waals surface area (Å²) in [5, 5.41) is 8.82. The third-order valence-electron chi connectivity index (χ3n) is 4.74. The first-order chi connectivity index (χ1) is 15.2. The van der Waals surface area contributed by atoms with Crippen LogP contribution in [0.25, 0.3) is 0 Å². The van der Waals surface area contributed by atoms with Gasteiger partial charge in [0.25, 0.3) is 0 Å². The standard InChI is InChI=1S/C22H23ClN2O6S/c1-15-13-25(14-16(2)31-15)32(27,28)21-11-18(5-8-20(21)23)22(26)30-10-9-29-19-6-3-17(12-24)4-7-19/h3-8,11,15-16H,9-10,13-14H2,1-2H3. The van der Waals surface area contributed by atoms with Gasteiger partial charge in [-0.1, -0.05) is 11.6 Å². The minimum Gasteiger partial charge on any atom is -0.490 e. The first-order valence-corrected chi connectivity index (χ1v) is 11.8. The van der Waals surface area contributed by atoms with Gasteiger partial charge in [0, 0.05) is 13.1 Å². The van der Waals surface area contributed by atoms with E-state index in [9.17, 15) is 13.2 Å². The lowest BCUT2D eigenvalue weighted by Gasteiger charge is -2.34. The van der Waals surface area contributed by atoms with Crippen molar-refractivity contribution in [3.05, 3.63) is 58.6 Å². The Labute approximate surface area is 192 Å². The van der Waals surface area contributed by atoms with Crippen molar-refractivity contribution in [2.45, 2.75) is 31.0 Å². The van der Waals surface area contributed by atoms with Crippen LogP contribution in [0.3, 0.4) is 0 Å². The van der Waals surface area contributed by atoms with Gasteiger partial charge in [0.05, 0.1) is 34.4 Å². The Morgan fingerprint density at radius 3 is 2.44 bits per heavy atom. The number of carbonyl (C=O) groups is 1. The molecule has 0 spiro atoms. The summed E-state index contributed by atoms with van der Waals surface area (Å²) in [6.45, 7) is 4.05. The Morgan fingerprint density at radius 2 is 1.81 bits per heavy atom. The van der Waals surface area contributed by atoms with E-state index in [0.717, 1.165) is 0 Å². The predicted molar refractivity (Wildman–Crippen MR) is 117 cm³/mol. The van der Waals surface area contributed by atoms with Crippen molar-refractivity contribution in [3.8, 4) is 11.8 Å². The van der Waals surface area contributed by atoms with Gasteiger partial charge in [-0.2, -0.15) is 9.57 Å². The molecule has 0 bridgehead atoms. The molecule has 3 rings (SSSR count). The minimum absolute atomic E-state index is 0.0255. The molecule has 1 aliphatic heterocycles. The van der Waals surface area contributed by atoms with Gasteiger partial charge in [-0.05, 0) is 56.3 Å². The fraction of sp³-hybridized carbons (Fsp3) is 0.364. The van der Waals surface area contributed by atoms with Crippen LogP contribution in [-0.4, -0.2) is 57.2 Å². The van der Waals surface area contributed by atoms with Crippen molar-refractivity contribution in [2.24, 2.45) is 0 Å². The van der Waals surface area contributed by atoms with E-state index in [1.807, 2.05) is 6.07 Å². The summed E-state index contributed by atoms with van der Waals surface area (Å²) < 4.78 is 43.8. The predicted octanol–water partition coefficient (Wildman–Crippen LogP) is 3.25. The maximum Gasteiger partial charge on any atom is 0.338 e. The summed E-state index contributed by atoms with van der Waals surface area (Å²) in [5.41, 5.74) is 0.582. The van der Waals surface area contributed by atoms with Crippen molar-refractivity contribution in [2.75, 3.05) is 26.3 Å². The van der Waals surface area contributed by atoms with Crippen LogP contribution in [0.2, 0.25) is 5.02 Å². The molecule has 2 aromatic carbocycles. The largest absolute Gasteiger partial charge is 0.490 e. The lowest BCUT2D eigenvalue weighted by atomic mass is 10.2. The number of hydrogen-bond acceptors (Lipinski definition) is 7. The maximum absolute atomic E-state index is 13.1. The number of rotatable bonds is 7. The summed E-state index contributed by atoms with van der Waals surface area (Å²) >= 11 is 6.16. The van der Waals surface area contributed by atoms with Crippen molar-refractivity contribution < 1.29 is 27.4 Å². The lowest BCUT2D eigenvalue weighted by molar-refractivity contribution is -0.0440. The molecule has 1 heterocycles.